The van der Waals surface area contributed by atoms with E-state index in [1.165, 1.54) is 0 Å². The first kappa shape index (κ1) is 13.5. The number of nitrogens with one attached hydrogen (secondary N) is 1. The van der Waals surface area contributed by atoms with E-state index in [-0.39, 0.29) is 5.56 Å². The SMILES string of the molecule is Cc1cc(NCCc2cscn2)c(C(=O)O)c(C)n1. The van der Waals surface area contributed by atoms with Crippen LogP contribution in [0.15, 0.2) is 17.0 Å². The molecule has 0 radical (unpaired) electrons. The topological polar surface area (TPSA) is 75.1 Å². The van der Waals surface area contributed by atoms with E-state index in [1.807, 2.05) is 12.3 Å². The number of nitrogens with zero attached hydrogens (tertiary/aromatic N) is 2. The smallest absolute Gasteiger partial charge is 0.339 e. The Morgan fingerprint density at radius 3 is 2.89 bits per heavy atom. The quantitative estimate of drug-likeness (QED) is 0.878. The minimum absolute atomic E-state index is 0.240. The Morgan fingerprint density at radius 2 is 2.26 bits per heavy atom. The number of hydrogen-bond acceptors (Lipinski definition) is 5. The minimum Gasteiger partial charge on any atom is -0.478 e. The van der Waals surface area contributed by atoms with Crippen molar-refractivity contribution in [3.63, 3.8) is 0 Å². The molecule has 5 nitrogen and oxygen atoms in total. The molecule has 0 saturated heterocycles. The number of carboxylic acids is 1. The third kappa shape index (κ3) is 3.29. The van der Waals surface area contributed by atoms with Gasteiger partial charge in [0.05, 0.1) is 22.6 Å². The van der Waals surface area contributed by atoms with E-state index in [9.17, 15) is 9.90 Å². The largest absolute Gasteiger partial charge is 0.478 e. The molecule has 0 amide bonds. The Morgan fingerprint density at radius 1 is 1.47 bits per heavy atom. The van der Waals surface area contributed by atoms with Gasteiger partial charge in [0.25, 0.3) is 0 Å². The van der Waals surface area contributed by atoms with Crippen LogP contribution in [0.2, 0.25) is 0 Å². The second kappa shape index (κ2) is 5.79. The highest BCUT2D eigenvalue weighted by Gasteiger charge is 2.15. The van der Waals surface area contributed by atoms with Crippen molar-refractivity contribution in [1.29, 1.82) is 0 Å². The summed E-state index contributed by atoms with van der Waals surface area (Å²) in [5, 5.41) is 14.4. The molecule has 19 heavy (non-hydrogen) atoms. The summed E-state index contributed by atoms with van der Waals surface area (Å²) in [6.45, 7) is 4.21. The van der Waals surface area contributed by atoms with Gasteiger partial charge in [-0.1, -0.05) is 0 Å². The fourth-order valence-corrected chi connectivity index (χ4v) is 2.52. The second-order valence-corrected chi connectivity index (χ2v) is 4.95. The summed E-state index contributed by atoms with van der Waals surface area (Å²) in [6.07, 6.45) is 0.767. The first-order valence-corrected chi connectivity index (χ1v) is 6.84. The lowest BCUT2D eigenvalue weighted by Crippen LogP contribution is -2.12. The zero-order valence-electron chi connectivity index (χ0n) is 10.8. The third-order valence-corrected chi connectivity index (χ3v) is 3.36. The molecule has 6 heteroatoms. The standard InChI is InChI=1S/C13H15N3O2S/c1-8-5-11(12(13(17)18)9(2)16-8)14-4-3-10-6-19-7-15-10/h5-7H,3-4H2,1-2H3,(H,14,16)(H,17,18). The van der Waals surface area contributed by atoms with E-state index in [4.69, 9.17) is 0 Å². The molecular formula is C13H15N3O2S. The van der Waals surface area contributed by atoms with Gasteiger partial charge in [-0.2, -0.15) is 0 Å². The molecular weight excluding hydrogens is 262 g/mol. The van der Waals surface area contributed by atoms with Crippen molar-refractivity contribution < 1.29 is 9.90 Å². The molecule has 0 aliphatic heterocycles. The summed E-state index contributed by atoms with van der Waals surface area (Å²) in [6, 6.07) is 1.76. The number of rotatable bonds is 5. The first-order valence-electron chi connectivity index (χ1n) is 5.90. The zero-order valence-corrected chi connectivity index (χ0v) is 11.6. The lowest BCUT2D eigenvalue weighted by atomic mass is 10.1. The number of carbonyl (C=O) groups is 1. The maximum absolute atomic E-state index is 11.3. The zero-order chi connectivity index (χ0) is 13.8. The first-order chi connectivity index (χ1) is 9.08. The molecule has 0 unspecified atom stereocenters. The third-order valence-electron chi connectivity index (χ3n) is 2.72. The maximum Gasteiger partial charge on any atom is 0.339 e. The summed E-state index contributed by atoms with van der Waals surface area (Å²) < 4.78 is 0. The normalized spacial score (nSPS) is 10.4. The van der Waals surface area contributed by atoms with Crippen LogP contribution in [0.3, 0.4) is 0 Å². The Kier molecular flexibility index (Phi) is 4.11. The van der Waals surface area contributed by atoms with Crippen LogP contribution in [0, 0.1) is 13.8 Å². The number of hydrogen-bond donors (Lipinski definition) is 2. The second-order valence-electron chi connectivity index (χ2n) is 4.23. The van der Waals surface area contributed by atoms with Gasteiger partial charge in [0.1, 0.15) is 5.56 Å². The van der Waals surface area contributed by atoms with Crippen LogP contribution in [0.5, 0.6) is 0 Å². The maximum atomic E-state index is 11.3. The van der Waals surface area contributed by atoms with Crippen molar-refractivity contribution >= 4 is 23.0 Å². The van der Waals surface area contributed by atoms with E-state index in [2.05, 4.69) is 15.3 Å². The number of aromatic nitrogens is 2. The molecule has 2 aromatic rings. The molecule has 2 N–H and O–H groups in total. The highest BCUT2D eigenvalue weighted by Crippen LogP contribution is 2.19. The number of aryl methyl sites for hydroxylation is 2. The van der Waals surface area contributed by atoms with Crippen LogP contribution in [0.4, 0.5) is 5.69 Å². The molecule has 0 aliphatic rings. The Bertz CT molecular complexity index is 582. The number of carboxylic acid groups (broad SMARTS) is 1. The molecule has 0 atom stereocenters. The van der Waals surface area contributed by atoms with Gasteiger partial charge < -0.3 is 10.4 Å². The van der Waals surface area contributed by atoms with Crippen molar-refractivity contribution in [2.75, 3.05) is 11.9 Å². The Balaban J connectivity index is 2.12. The van der Waals surface area contributed by atoms with Gasteiger partial charge >= 0.3 is 5.97 Å². The van der Waals surface area contributed by atoms with Crippen LogP contribution in [0.25, 0.3) is 0 Å². The Hall–Kier alpha value is -1.95. The van der Waals surface area contributed by atoms with E-state index in [0.29, 0.717) is 17.9 Å². The molecule has 2 heterocycles. The average Bonchev–Trinajstić information content (AvgIpc) is 2.80. The number of aromatic carboxylic acids is 1. The van der Waals surface area contributed by atoms with Gasteiger partial charge in [0.15, 0.2) is 0 Å². The highest BCUT2D eigenvalue weighted by molar-refractivity contribution is 7.07. The monoisotopic (exact) mass is 277 g/mol. The molecule has 0 saturated carbocycles. The molecule has 0 fully saturated rings. The summed E-state index contributed by atoms with van der Waals surface area (Å²) in [5.74, 6) is -0.957. The lowest BCUT2D eigenvalue weighted by Gasteiger charge is -2.11. The highest BCUT2D eigenvalue weighted by atomic mass is 32.1. The predicted molar refractivity (Wildman–Crippen MR) is 75.0 cm³/mol. The average molecular weight is 277 g/mol. The van der Waals surface area contributed by atoms with Gasteiger partial charge in [0.2, 0.25) is 0 Å². The van der Waals surface area contributed by atoms with Crippen molar-refractivity contribution in [3.8, 4) is 0 Å². The minimum atomic E-state index is -0.957. The molecule has 2 rings (SSSR count). The van der Waals surface area contributed by atoms with E-state index in [1.54, 1.807) is 29.8 Å². The van der Waals surface area contributed by atoms with E-state index >= 15 is 0 Å². The van der Waals surface area contributed by atoms with Crippen LogP contribution in [-0.4, -0.2) is 27.6 Å². The summed E-state index contributed by atoms with van der Waals surface area (Å²) in [5.41, 5.74) is 4.99. The van der Waals surface area contributed by atoms with Gasteiger partial charge in [-0.15, -0.1) is 11.3 Å². The molecule has 0 aromatic carbocycles. The summed E-state index contributed by atoms with van der Waals surface area (Å²) in [7, 11) is 0. The lowest BCUT2D eigenvalue weighted by molar-refractivity contribution is 0.0696. The molecule has 2 aromatic heterocycles. The van der Waals surface area contributed by atoms with Crippen LogP contribution >= 0.6 is 11.3 Å². The van der Waals surface area contributed by atoms with Gasteiger partial charge in [-0.25, -0.2) is 9.78 Å². The van der Waals surface area contributed by atoms with Gasteiger partial charge in [-0.3, -0.25) is 4.98 Å². The molecule has 0 bridgehead atoms. The predicted octanol–water partition coefficient (Wildman–Crippen LogP) is 2.51. The summed E-state index contributed by atoms with van der Waals surface area (Å²) >= 11 is 1.56. The van der Waals surface area contributed by atoms with Crippen LogP contribution < -0.4 is 5.32 Å². The van der Waals surface area contributed by atoms with E-state index in [0.717, 1.165) is 17.8 Å². The Labute approximate surface area is 115 Å². The number of pyridine rings is 1. The number of anilines is 1. The van der Waals surface area contributed by atoms with Crippen molar-refractivity contribution in [2.45, 2.75) is 20.3 Å². The van der Waals surface area contributed by atoms with Crippen LogP contribution in [0.1, 0.15) is 27.4 Å². The fourth-order valence-electron chi connectivity index (χ4n) is 1.92. The van der Waals surface area contributed by atoms with Crippen molar-refractivity contribution in [3.05, 3.63) is 39.6 Å². The molecule has 0 aliphatic carbocycles. The molecule has 100 valence electrons. The van der Waals surface area contributed by atoms with Crippen molar-refractivity contribution in [1.82, 2.24) is 9.97 Å². The van der Waals surface area contributed by atoms with Crippen molar-refractivity contribution in [2.24, 2.45) is 0 Å². The van der Waals surface area contributed by atoms with E-state index < -0.39 is 5.97 Å². The van der Waals surface area contributed by atoms with Gasteiger partial charge in [-0.05, 0) is 19.9 Å². The summed E-state index contributed by atoms with van der Waals surface area (Å²) in [4.78, 5) is 19.6. The van der Waals surface area contributed by atoms with Gasteiger partial charge in [0, 0.05) is 24.0 Å². The number of thiazole rings is 1. The fraction of sp³-hybridized carbons (Fsp3) is 0.308. The van der Waals surface area contributed by atoms with Crippen LogP contribution in [-0.2, 0) is 6.42 Å². The molecule has 0 spiro atoms.